The highest BCUT2D eigenvalue weighted by molar-refractivity contribution is 7.89. The smallest absolute Gasteiger partial charge is 0.255 e. The Kier molecular flexibility index (Phi) is 7.23. The van der Waals surface area contributed by atoms with Crippen LogP contribution in [0.5, 0.6) is 0 Å². The number of rotatable bonds is 8. The summed E-state index contributed by atoms with van der Waals surface area (Å²) in [4.78, 5) is 15.5. The van der Waals surface area contributed by atoms with E-state index >= 15 is 0 Å². The molecule has 33 heavy (non-hydrogen) atoms. The van der Waals surface area contributed by atoms with Gasteiger partial charge in [0.1, 0.15) is 0 Å². The maximum absolute atomic E-state index is 13.0. The van der Waals surface area contributed by atoms with Gasteiger partial charge in [0.15, 0.2) is 0 Å². The number of nitrogens with zero attached hydrogens (tertiary/aromatic N) is 1. The van der Waals surface area contributed by atoms with Gasteiger partial charge in [0, 0.05) is 24.3 Å². The Balaban J connectivity index is 1.47. The van der Waals surface area contributed by atoms with Gasteiger partial charge in [-0.25, -0.2) is 13.1 Å². The van der Waals surface area contributed by atoms with Crippen LogP contribution in [0.2, 0.25) is 0 Å². The number of sulfonamides is 1. The maximum Gasteiger partial charge on any atom is 0.255 e. The molecule has 0 aliphatic carbocycles. The standard InChI is InChI=1S/C26H29N3O3S/c1-20-12-13-24(33(31,32)27-18-21-8-3-2-4-9-21)17-25(20)26(30)28-23-11-7-10-22(16-23)19-29-14-5-6-15-29/h2-4,7-13,16-17,27H,5-6,14-15,18-19H2,1H3,(H,28,30). The average molecular weight is 464 g/mol. The lowest BCUT2D eigenvalue weighted by molar-refractivity contribution is 0.102. The highest BCUT2D eigenvalue weighted by Crippen LogP contribution is 2.20. The third-order valence-corrected chi connectivity index (χ3v) is 7.26. The summed E-state index contributed by atoms with van der Waals surface area (Å²) in [5.74, 6) is -0.328. The minimum atomic E-state index is -3.76. The number of anilines is 1. The number of likely N-dealkylation sites (tertiary alicyclic amines) is 1. The second-order valence-electron chi connectivity index (χ2n) is 8.42. The molecule has 6 nitrogen and oxygen atoms in total. The zero-order valence-electron chi connectivity index (χ0n) is 18.8. The quantitative estimate of drug-likeness (QED) is 0.521. The normalized spacial score (nSPS) is 14.3. The number of hydrogen-bond acceptors (Lipinski definition) is 4. The number of amides is 1. The molecule has 0 saturated carbocycles. The first kappa shape index (κ1) is 23.2. The van der Waals surface area contributed by atoms with Crippen molar-refractivity contribution >= 4 is 21.6 Å². The summed E-state index contributed by atoms with van der Waals surface area (Å²) in [5.41, 5.74) is 3.75. The molecular weight excluding hydrogens is 434 g/mol. The lowest BCUT2D eigenvalue weighted by atomic mass is 10.1. The van der Waals surface area contributed by atoms with Gasteiger partial charge in [0.2, 0.25) is 10.0 Å². The van der Waals surface area contributed by atoms with Crippen LogP contribution in [0.3, 0.4) is 0 Å². The third kappa shape index (κ3) is 6.07. The number of benzene rings is 3. The van der Waals surface area contributed by atoms with Crippen LogP contribution in [0, 0.1) is 6.92 Å². The Morgan fingerprint density at radius 2 is 1.64 bits per heavy atom. The van der Waals surface area contributed by atoms with Crippen LogP contribution in [0.1, 0.15) is 39.9 Å². The van der Waals surface area contributed by atoms with Gasteiger partial charge in [-0.05, 0) is 73.8 Å². The molecule has 1 saturated heterocycles. The van der Waals surface area contributed by atoms with Gasteiger partial charge in [-0.2, -0.15) is 0 Å². The molecule has 172 valence electrons. The molecule has 7 heteroatoms. The first-order valence-electron chi connectivity index (χ1n) is 11.2. The highest BCUT2D eigenvalue weighted by atomic mass is 32.2. The molecular formula is C26H29N3O3S. The summed E-state index contributed by atoms with van der Waals surface area (Å²) in [6, 6.07) is 21.8. The fourth-order valence-corrected chi connectivity index (χ4v) is 5.06. The molecule has 3 aromatic rings. The summed E-state index contributed by atoms with van der Waals surface area (Å²) in [7, 11) is -3.76. The van der Waals surface area contributed by atoms with Crippen molar-refractivity contribution in [1.82, 2.24) is 9.62 Å². The van der Waals surface area contributed by atoms with E-state index in [-0.39, 0.29) is 17.3 Å². The molecule has 1 fully saturated rings. The van der Waals surface area contributed by atoms with Crippen molar-refractivity contribution in [2.24, 2.45) is 0 Å². The topological polar surface area (TPSA) is 78.5 Å². The molecule has 0 atom stereocenters. The Morgan fingerprint density at radius 3 is 2.39 bits per heavy atom. The highest BCUT2D eigenvalue weighted by Gasteiger charge is 2.18. The molecule has 1 aliphatic heterocycles. The van der Waals surface area contributed by atoms with Crippen LogP contribution in [-0.2, 0) is 23.1 Å². The summed E-state index contributed by atoms with van der Waals surface area (Å²) in [6.45, 7) is 5.06. The van der Waals surface area contributed by atoms with Crippen molar-refractivity contribution < 1.29 is 13.2 Å². The Labute approximate surface area is 195 Å². The lowest BCUT2D eigenvalue weighted by Crippen LogP contribution is -2.24. The van der Waals surface area contributed by atoms with Crippen LogP contribution in [0.15, 0.2) is 77.7 Å². The molecule has 0 radical (unpaired) electrons. The molecule has 2 N–H and O–H groups in total. The zero-order valence-corrected chi connectivity index (χ0v) is 19.6. The number of nitrogens with one attached hydrogen (secondary N) is 2. The van der Waals surface area contributed by atoms with E-state index in [0.717, 1.165) is 30.8 Å². The third-order valence-electron chi connectivity index (χ3n) is 5.86. The summed E-state index contributed by atoms with van der Waals surface area (Å²) in [6.07, 6.45) is 2.46. The first-order valence-corrected chi connectivity index (χ1v) is 12.7. The van der Waals surface area contributed by atoms with E-state index in [0.29, 0.717) is 16.8 Å². The second kappa shape index (κ2) is 10.3. The minimum Gasteiger partial charge on any atom is -0.322 e. The monoisotopic (exact) mass is 463 g/mol. The summed E-state index contributed by atoms with van der Waals surface area (Å²) < 4.78 is 28.2. The molecule has 1 amide bonds. The molecule has 0 aromatic heterocycles. The Hall–Kier alpha value is -3.00. The van der Waals surface area contributed by atoms with Crippen molar-refractivity contribution in [3.63, 3.8) is 0 Å². The van der Waals surface area contributed by atoms with Crippen molar-refractivity contribution in [1.29, 1.82) is 0 Å². The van der Waals surface area contributed by atoms with Crippen molar-refractivity contribution in [2.45, 2.75) is 37.8 Å². The van der Waals surface area contributed by atoms with Crippen LogP contribution in [-0.4, -0.2) is 32.3 Å². The SMILES string of the molecule is Cc1ccc(S(=O)(=O)NCc2ccccc2)cc1C(=O)Nc1cccc(CN2CCCC2)c1. The van der Waals surface area contributed by atoms with Crippen LogP contribution in [0.4, 0.5) is 5.69 Å². The van der Waals surface area contributed by atoms with E-state index in [2.05, 4.69) is 21.0 Å². The van der Waals surface area contributed by atoms with Gasteiger partial charge in [-0.1, -0.05) is 48.5 Å². The number of carbonyl (C=O) groups excluding carboxylic acids is 1. The van der Waals surface area contributed by atoms with Crippen LogP contribution in [0.25, 0.3) is 0 Å². The fourth-order valence-electron chi connectivity index (χ4n) is 4.02. The van der Waals surface area contributed by atoms with Crippen LogP contribution >= 0.6 is 0 Å². The van der Waals surface area contributed by atoms with E-state index in [1.807, 2.05) is 48.5 Å². The molecule has 0 unspecified atom stereocenters. The second-order valence-corrected chi connectivity index (χ2v) is 10.2. The molecule has 0 spiro atoms. The van der Waals surface area contributed by atoms with Crippen molar-refractivity contribution in [2.75, 3.05) is 18.4 Å². The predicted molar refractivity (Wildman–Crippen MR) is 131 cm³/mol. The van der Waals surface area contributed by atoms with E-state index < -0.39 is 10.0 Å². The average Bonchev–Trinajstić information content (AvgIpc) is 3.32. The van der Waals surface area contributed by atoms with Gasteiger partial charge < -0.3 is 5.32 Å². The first-order chi connectivity index (χ1) is 15.9. The number of hydrogen-bond donors (Lipinski definition) is 2. The predicted octanol–water partition coefficient (Wildman–Crippen LogP) is 4.32. The van der Waals surface area contributed by atoms with Crippen LogP contribution < -0.4 is 10.0 Å². The molecule has 0 bridgehead atoms. The minimum absolute atomic E-state index is 0.0666. The van der Waals surface area contributed by atoms with Gasteiger partial charge in [0.25, 0.3) is 5.91 Å². The molecule has 1 heterocycles. The molecule has 3 aromatic carbocycles. The summed E-state index contributed by atoms with van der Waals surface area (Å²) >= 11 is 0. The van der Waals surface area contributed by atoms with Gasteiger partial charge in [-0.3, -0.25) is 9.69 Å². The van der Waals surface area contributed by atoms with Gasteiger partial charge in [-0.15, -0.1) is 0 Å². The maximum atomic E-state index is 13.0. The zero-order chi connectivity index (χ0) is 23.3. The van der Waals surface area contributed by atoms with Crippen molar-refractivity contribution in [3.05, 3.63) is 95.1 Å². The van der Waals surface area contributed by atoms with E-state index in [1.54, 1.807) is 13.0 Å². The Bertz CT molecular complexity index is 1220. The van der Waals surface area contributed by atoms with Gasteiger partial charge >= 0.3 is 0 Å². The molecule has 1 aliphatic rings. The van der Waals surface area contributed by atoms with E-state index in [1.165, 1.54) is 25.0 Å². The van der Waals surface area contributed by atoms with Gasteiger partial charge in [0.05, 0.1) is 4.90 Å². The van der Waals surface area contributed by atoms with Crippen molar-refractivity contribution in [3.8, 4) is 0 Å². The lowest BCUT2D eigenvalue weighted by Gasteiger charge is -2.15. The number of aryl methyl sites for hydroxylation is 1. The largest absolute Gasteiger partial charge is 0.322 e. The van der Waals surface area contributed by atoms with E-state index in [4.69, 9.17) is 0 Å². The summed E-state index contributed by atoms with van der Waals surface area (Å²) in [5, 5.41) is 2.93. The Morgan fingerprint density at radius 1 is 0.909 bits per heavy atom. The van der Waals surface area contributed by atoms with E-state index in [9.17, 15) is 13.2 Å². The fraction of sp³-hybridized carbons (Fsp3) is 0.269. The molecule has 4 rings (SSSR count). The number of carbonyl (C=O) groups is 1.